The SMILES string of the molecule is Cc1cccc(CN(C)S(=O)(=O)c2cccnc2N)c1. The molecule has 0 amide bonds. The van der Waals surface area contributed by atoms with Crippen molar-refractivity contribution in [2.75, 3.05) is 12.8 Å². The third kappa shape index (κ3) is 2.97. The van der Waals surface area contributed by atoms with Gasteiger partial charge in [0.15, 0.2) is 0 Å². The van der Waals surface area contributed by atoms with Crippen molar-refractivity contribution in [2.45, 2.75) is 18.4 Å². The summed E-state index contributed by atoms with van der Waals surface area (Å²) in [6, 6.07) is 10.7. The minimum Gasteiger partial charge on any atom is -0.383 e. The molecule has 1 aromatic carbocycles. The zero-order chi connectivity index (χ0) is 14.8. The van der Waals surface area contributed by atoms with Crippen LogP contribution in [0.2, 0.25) is 0 Å². The first-order chi connectivity index (χ1) is 9.41. The van der Waals surface area contributed by atoms with E-state index in [2.05, 4.69) is 4.98 Å². The van der Waals surface area contributed by atoms with Crippen molar-refractivity contribution < 1.29 is 8.42 Å². The van der Waals surface area contributed by atoms with Gasteiger partial charge in [-0.15, -0.1) is 0 Å². The Morgan fingerprint density at radius 2 is 2.00 bits per heavy atom. The number of benzene rings is 1. The average molecular weight is 291 g/mol. The quantitative estimate of drug-likeness (QED) is 0.931. The maximum atomic E-state index is 12.4. The fourth-order valence-electron chi connectivity index (χ4n) is 1.94. The number of sulfonamides is 1. The summed E-state index contributed by atoms with van der Waals surface area (Å²) in [7, 11) is -2.10. The summed E-state index contributed by atoms with van der Waals surface area (Å²) in [4.78, 5) is 3.86. The van der Waals surface area contributed by atoms with Gasteiger partial charge in [0, 0.05) is 19.8 Å². The van der Waals surface area contributed by atoms with E-state index in [1.165, 1.54) is 23.6 Å². The lowest BCUT2D eigenvalue weighted by Crippen LogP contribution is -2.27. The minimum atomic E-state index is -3.63. The summed E-state index contributed by atoms with van der Waals surface area (Å²) in [5, 5.41) is 0. The van der Waals surface area contributed by atoms with Crippen LogP contribution in [0.15, 0.2) is 47.5 Å². The topological polar surface area (TPSA) is 76.3 Å². The molecule has 2 aromatic rings. The molecule has 6 heteroatoms. The molecule has 0 fully saturated rings. The summed E-state index contributed by atoms with van der Waals surface area (Å²) in [6.45, 7) is 2.26. The Kier molecular flexibility index (Phi) is 4.06. The normalized spacial score (nSPS) is 11.8. The predicted octanol–water partition coefficient (Wildman–Crippen LogP) is 1.79. The van der Waals surface area contributed by atoms with E-state index in [0.29, 0.717) is 6.54 Å². The molecular formula is C14H17N3O2S. The van der Waals surface area contributed by atoms with Crippen molar-refractivity contribution in [1.82, 2.24) is 9.29 Å². The van der Waals surface area contributed by atoms with Crippen LogP contribution in [0, 0.1) is 6.92 Å². The van der Waals surface area contributed by atoms with E-state index in [1.54, 1.807) is 6.07 Å². The van der Waals surface area contributed by atoms with Gasteiger partial charge in [-0.25, -0.2) is 13.4 Å². The molecule has 0 unspecified atom stereocenters. The molecule has 0 aliphatic rings. The van der Waals surface area contributed by atoms with E-state index in [1.807, 2.05) is 31.2 Å². The second-order valence-electron chi connectivity index (χ2n) is 4.64. The van der Waals surface area contributed by atoms with Gasteiger partial charge in [0.05, 0.1) is 0 Å². The van der Waals surface area contributed by atoms with E-state index in [4.69, 9.17) is 5.73 Å². The summed E-state index contributed by atoms with van der Waals surface area (Å²) >= 11 is 0. The monoisotopic (exact) mass is 291 g/mol. The molecule has 0 aliphatic carbocycles. The van der Waals surface area contributed by atoms with Crippen LogP contribution >= 0.6 is 0 Å². The van der Waals surface area contributed by atoms with Gasteiger partial charge in [-0.05, 0) is 24.6 Å². The zero-order valence-electron chi connectivity index (χ0n) is 11.4. The first kappa shape index (κ1) is 14.5. The van der Waals surface area contributed by atoms with Crippen LogP contribution in [0.25, 0.3) is 0 Å². The molecule has 106 valence electrons. The molecule has 1 heterocycles. The van der Waals surface area contributed by atoms with Crippen LogP contribution in [0.5, 0.6) is 0 Å². The molecule has 0 aliphatic heterocycles. The Balaban J connectivity index is 2.29. The Hall–Kier alpha value is -1.92. The average Bonchev–Trinajstić information content (AvgIpc) is 2.39. The highest BCUT2D eigenvalue weighted by molar-refractivity contribution is 7.89. The Morgan fingerprint density at radius 3 is 2.65 bits per heavy atom. The minimum absolute atomic E-state index is 0.0172. The first-order valence-corrected chi connectivity index (χ1v) is 7.57. The van der Waals surface area contributed by atoms with Crippen LogP contribution in [0.3, 0.4) is 0 Å². The van der Waals surface area contributed by atoms with Crippen molar-refractivity contribution in [2.24, 2.45) is 0 Å². The van der Waals surface area contributed by atoms with Crippen LogP contribution in [-0.4, -0.2) is 24.8 Å². The summed E-state index contributed by atoms with van der Waals surface area (Å²) in [5.74, 6) is 0.0172. The largest absolute Gasteiger partial charge is 0.383 e. The lowest BCUT2D eigenvalue weighted by Gasteiger charge is -2.18. The number of nitrogens with two attached hydrogens (primary N) is 1. The number of hydrogen-bond donors (Lipinski definition) is 1. The molecule has 0 saturated heterocycles. The molecule has 0 spiro atoms. The highest BCUT2D eigenvalue weighted by Crippen LogP contribution is 2.20. The summed E-state index contributed by atoms with van der Waals surface area (Å²) in [6.07, 6.45) is 1.47. The Morgan fingerprint density at radius 1 is 1.25 bits per heavy atom. The third-order valence-corrected chi connectivity index (χ3v) is 4.83. The van der Waals surface area contributed by atoms with E-state index < -0.39 is 10.0 Å². The fraction of sp³-hybridized carbons (Fsp3) is 0.214. The van der Waals surface area contributed by atoms with Crippen molar-refractivity contribution in [3.8, 4) is 0 Å². The number of nitrogens with zero attached hydrogens (tertiary/aromatic N) is 2. The number of aryl methyl sites for hydroxylation is 1. The van der Waals surface area contributed by atoms with E-state index in [9.17, 15) is 8.42 Å². The van der Waals surface area contributed by atoms with E-state index in [0.717, 1.165) is 11.1 Å². The molecule has 5 nitrogen and oxygen atoms in total. The lowest BCUT2D eigenvalue weighted by atomic mass is 10.1. The standard InChI is InChI=1S/C14H17N3O2S/c1-11-5-3-6-12(9-11)10-17(2)20(18,19)13-7-4-8-16-14(13)15/h3-9H,10H2,1-2H3,(H2,15,16). The van der Waals surface area contributed by atoms with Gasteiger partial charge < -0.3 is 5.73 Å². The molecule has 0 bridgehead atoms. The molecule has 0 atom stereocenters. The van der Waals surface area contributed by atoms with Gasteiger partial charge in [-0.3, -0.25) is 0 Å². The number of nitrogen functional groups attached to an aromatic ring is 1. The van der Waals surface area contributed by atoms with Crippen LogP contribution < -0.4 is 5.73 Å². The number of pyridine rings is 1. The molecule has 2 N–H and O–H groups in total. The number of rotatable bonds is 4. The molecule has 20 heavy (non-hydrogen) atoms. The molecule has 1 aromatic heterocycles. The van der Waals surface area contributed by atoms with Gasteiger partial charge in [-0.1, -0.05) is 29.8 Å². The molecular weight excluding hydrogens is 274 g/mol. The zero-order valence-corrected chi connectivity index (χ0v) is 12.3. The highest BCUT2D eigenvalue weighted by Gasteiger charge is 2.23. The van der Waals surface area contributed by atoms with Gasteiger partial charge in [-0.2, -0.15) is 4.31 Å². The maximum absolute atomic E-state index is 12.4. The second-order valence-corrected chi connectivity index (χ2v) is 6.65. The van der Waals surface area contributed by atoms with Crippen molar-refractivity contribution in [3.63, 3.8) is 0 Å². The Bertz CT molecular complexity index is 714. The van der Waals surface area contributed by atoms with Crippen molar-refractivity contribution in [3.05, 3.63) is 53.7 Å². The molecule has 0 radical (unpaired) electrons. The Labute approximate surface area is 119 Å². The summed E-state index contributed by atoms with van der Waals surface area (Å²) < 4.78 is 26.2. The number of aromatic nitrogens is 1. The maximum Gasteiger partial charge on any atom is 0.246 e. The van der Waals surface area contributed by atoms with E-state index >= 15 is 0 Å². The fourth-order valence-corrected chi connectivity index (χ4v) is 3.16. The molecule has 0 saturated carbocycles. The van der Waals surface area contributed by atoms with Gasteiger partial charge >= 0.3 is 0 Å². The number of hydrogen-bond acceptors (Lipinski definition) is 4. The van der Waals surface area contributed by atoms with Crippen LogP contribution in [0.4, 0.5) is 5.82 Å². The smallest absolute Gasteiger partial charge is 0.246 e. The van der Waals surface area contributed by atoms with Crippen molar-refractivity contribution in [1.29, 1.82) is 0 Å². The molecule has 2 rings (SSSR count). The van der Waals surface area contributed by atoms with Crippen LogP contribution in [-0.2, 0) is 16.6 Å². The predicted molar refractivity (Wildman–Crippen MR) is 78.5 cm³/mol. The second kappa shape index (κ2) is 5.60. The number of anilines is 1. The summed E-state index contributed by atoms with van der Waals surface area (Å²) in [5.41, 5.74) is 7.67. The van der Waals surface area contributed by atoms with Gasteiger partial charge in [0.1, 0.15) is 10.7 Å². The first-order valence-electron chi connectivity index (χ1n) is 6.13. The highest BCUT2D eigenvalue weighted by atomic mass is 32.2. The van der Waals surface area contributed by atoms with Gasteiger partial charge in [0.25, 0.3) is 0 Å². The third-order valence-electron chi connectivity index (χ3n) is 2.98. The lowest BCUT2D eigenvalue weighted by molar-refractivity contribution is 0.467. The van der Waals surface area contributed by atoms with Gasteiger partial charge in [0.2, 0.25) is 10.0 Å². The van der Waals surface area contributed by atoms with E-state index in [-0.39, 0.29) is 10.7 Å². The van der Waals surface area contributed by atoms with Crippen LogP contribution in [0.1, 0.15) is 11.1 Å². The van der Waals surface area contributed by atoms with Crippen molar-refractivity contribution >= 4 is 15.8 Å².